The Morgan fingerprint density at radius 1 is 0.789 bits per heavy atom. The van der Waals surface area contributed by atoms with Crippen LogP contribution in [0.3, 0.4) is 0 Å². The first-order chi connectivity index (χ1) is 27.4. The van der Waals surface area contributed by atoms with Gasteiger partial charge in [0, 0.05) is 65.6 Å². The summed E-state index contributed by atoms with van der Waals surface area (Å²) in [6.07, 6.45) is 3.16. The number of halogens is 2. The number of benzene rings is 5. The van der Waals surface area contributed by atoms with E-state index in [1.54, 1.807) is 11.8 Å². The van der Waals surface area contributed by atoms with Crippen LogP contribution in [0, 0.1) is 17.0 Å². The van der Waals surface area contributed by atoms with Crippen LogP contribution in [-0.4, -0.2) is 57.4 Å². The number of thioether (sulfide) groups is 1. The molecular weight excluding hydrogens is 737 g/mol. The van der Waals surface area contributed by atoms with E-state index >= 15 is 4.39 Å². The van der Waals surface area contributed by atoms with Crippen molar-refractivity contribution in [3.8, 4) is 22.3 Å². The van der Waals surface area contributed by atoms with Gasteiger partial charge in [-0.25, -0.2) is 13.6 Å². The molecule has 6 aromatic rings. The normalized spacial score (nSPS) is 12.9. The molecular formula is C48H47F2N3O3S. The minimum atomic E-state index is -1.02. The van der Waals surface area contributed by atoms with E-state index in [-0.39, 0.29) is 37.0 Å². The zero-order valence-electron chi connectivity index (χ0n) is 32.7. The second-order valence-corrected chi connectivity index (χ2v) is 16.6. The van der Waals surface area contributed by atoms with Crippen LogP contribution in [-0.2, 0) is 6.54 Å². The van der Waals surface area contributed by atoms with Gasteiger partial charge in [-0.2, -0.15) is 0 Å². The van der Waals surface area contributed by atoms with Gasteiger partial charge in [0.15, 0.2) is 0 Å². The van der Waals surface area contributed by atoms with Crippen molar-refractivity contribution >= 4 is 23.8 Å². The molecule has 7 rings (SSSR count). The summed E-state index contributed by atoms with van der Waals surface area (Å²) >= 11 is 1.59. The topological polar surface area (TPSA) is 65.8 Å². The Labute approximate surface area is 337 Å². The average molecular weight is 784 g/mol. The van der Waals surface area contributed by atoms with Gasteiger partial charge in [0.25, 0.3) is 5.91 Å². The minimum absolute atomic E-state index is 0.119. The fourth-order valence-corrected chi connectivity index (χ4v) is 8.64. The summed E-state index contributed by atoms with van der Waals surface area (Å²) in [6, 6.07) is 38.5. The minimum Gasteiger partial charge on any atom is -0.465 e. The second-order valence-electron chi connectivity index (χ2n) is 15.7. The molecule has 0 radical (unpaired) electrons. The Kier molecular flexibility index (Phi) is 11.7. The first-order valence-corrected chi connectivity index (χ1v) is 20.5. The largest absolute Gasteiger partial charge is 0.465 e. The average Bonchev–Trinajstić information content (AvgIpc) is 3.75. The van der Waals surface area contributed by atoms with Crippen LogP contribution in [0.25, 0.3) is 22.3 Å². The molecule has 1 aliphatic rings. The SMILES string of the molecule is CSc1ccc(C(=O)N(CCCN(CC2c3ccccc3-c3ccccc32)C(=O)O)C(c2cc(-c3cc(F)ccc3F)cn2Cc2ccccc2)C(C)(C)C)cc1. The summed E-state index contributed by atoms with van der Waals surface area (Å²) in [5.74, 6) is -1.41. The number of rotatable bonds is 13. The molecule has 9 heteroatoms. The molecule has 6 nitrogen and oxygen atoms in total. The number of fused-ring (bicyclic) bond motifs is 3. The zero-order valence-corrected chi connectivity index (χ0v) is 33.5. The van der Waals surface area contributed by atoms with Crippen molar-refractivity contribution in [3.63, 3.8) is 0 Å². The molecule has 57 heavy (non-hydrogen) atoms. The standard InChI is InChI=1S/C48H47F2N3O3S/c1-48(2,3)45(44-27-34(41-28-35(49)21-24-43(41)50)30-52(44)29-32-13-6-5-7-14-32)53(46(54)33-19-22-36(57-4)23-20-33)26-12-25-51(47(55)56)31-42-39-17-10-8-15-37(39)38-16-9-11-18-40(38)42/h5-11,13-24,27-28,30,42,45H,12,25-26,29,31H2,1-4H3,(H,55,56). The van der Waals surface area contributed by atoms with Crippen LogP contribution in [0.4, 0.5) is 13.6 Å². The van der Waals surface area contributed by atoms with Gasteiger partial charge in [-0.05, 0) is 94.4 Å². The molecule has 0 saturated heterocycles. The molecule has 1 N–H and O–H groups in total. The number of aromatic nitrogens is 1. The zero-order chi connectivity index (χ0) is 40.3. The lowest BCUT2D eigenvalue weighted by atomic mass is 9.82. The quantitative estimate of drug-likeness (QED) is 0.118. The molecule has 1 unspecified atom stereocenters. The van der Waals surface area contributed by atoms with Gasteiger partial charge in [0.05, 0.1) is 6.04 Å². The number of hydrogen-bond donors (Lipinski definition) is 1. The maximum absolute atomic E-state index is 15.4. The van der Waals surface area contributed by atoms with E-state index in [2.05, 4.69) is 45.0 Å². The summed E-state index contributed by atoms with van der Waals surface area (Å²) in [4.78, 5) is 32.1. The second kappa shape index (κ2) is 16.8. The predicted molar refractivity (Wildman–Crippen MR) is 225 cm³/mol. The number of carbonyl (C=O) groups excluding carboxylic acids is 1. The Hall–Kier alpha value is -5.67. The van der Waals surface area contributed by atoms with E-state index < -0.39 is 29.2 Å². The maximum atomic E-state index is 15.4. The van der Waals surface area contributed by atoms with E-state index in [0.29, 0.717) is 24.1 Å². The van der Waals surface area contributed by atoms with Crippen LogP contribution in [0.2, 0.25) is 0 Å². The lowest BCUT2D eigenvalue weighted by Crippen LogP contribution is -2.44. The van der Waals surface area contributed by atoms with Crippen molar-refractivity contribution < 1.29 is 23.5 Å². The van der Waals surface area contributed by atoms with E-state index in [9.17, 15) is 19.1 Å². The molecule has 1 atom stereocenters. The fourth-order valence-electron chi connectivity index (χ4n) is 8.23. The van der Waals surface area contributed by atoms with Gasteiger partial charge in [-0.1, -0.05) is 99.6 Å². The molecule has 0 bridgehead atoms. The first-order valence-electron chi connectivity index (χ1n) is 19.2. The number of amides is 2. The van der Waals surface area contributed by atoms with Gasteiger partial charge in [0.1, 0.15) is 11.6 Å². The van der Waals surface area contributed by atoms with Crippen molar-refractivity contribution in [1.29, 1.82) is 0 Å². The Balaban J connectivity index is 1.26. The third-order valence-electron chi connectivity index (χ3n) is 10.8. The highest BCUT2D eigenvalue weighted by molar-refractivity contribution is 7.98. The molecule has 1 heterocycles. The summed E-state index contributed by atoms with van der Waals surface area (Å²) in [5.41, 5.74) is 6.80. The van der Waals surface area contributed by atoms with Crippen molar-refractivity contribution in [1.82, 2.24) is 14.4 Å². The van der Waals surface area contributed by atoms with Crippen LogP contribution >= 0.6 is 11.8 Å². The highest BCUT2D eigenvalue weighted by Gasteiger charge is 2.38. The molecule has 2 amide bonds. The number of nitrogens with zero attached hydrogens (tertiary/aromatic N) is 3. The maximum Gasteiger partial charge on any atom is 0.407 e. The van der Waals surface area contributed by atoms with Crippen molar-refractivity contribution in [3.05, 3.63) is 173 Å². The van der Waals surface area contributed by atoms with Crippen molar-refractivity contribution in [2.24, 2.45) is 5.41 Å². The van der Waals surface area contributed by atoms with Gasteiger partial charge >= 0.3 is 6.09 Å². The molecule has 0 aliphatic heterocycles. The van der Waals surface area contributed by atoms with Crippen molar-refractivity contribution in [2.45, 2.75) is 50.6 Å². The molecule has 0 fully saturated rings. The van der Waals surface area contributed by atoms with Gasteiger partial charge in [-0.15, -0.1) is 11.8 Å². The molecule has 1 aliphatic carbocycles. The summed E-state index contributed by atoms with van der Waals surface area (Å²) in [5, 5.41) is 10.6. The van der Waals surface area contributed by atoms with Crippen LogP contribution in [0.1, 0.15) is 71.9 Å². The molecule has 5 aromatic carbocycles. The van der Waals surface area contributed by atoms with Gasteiger partial charge in [0.2, 0.25) is 0 Å². The van der Waals surface area contributed by atoms with Crippen molar-refractivity contribution in [2.75, 3.05) is 25.9 Å². The number of carbonyl (C=O) groups is 2. The molecule has 292 valence electrons. The van der Waals surface area contributed by atoms with Gasteiger partial charge < -0.3 is 19.5 Å². The third kappa shape index (κ3) is 8.54. The smallest absolute Gasteiger partial charge is 0.407 e. The highest BCUT2D eigenvalue weighted by Crippen LogP contribution is 2.45. The summed E-state index contributed by atoms with van der Waals surface area (Å²) in [7, 11) is 0. The fraction of sp³-hybridized carbons (Fsp3) is 0.250. The summed E-state index contributed by atoms with van der Waals surface area (Å²) < 4.78 is 32.0. The highest BCUT2D eigenvalue weighted by atomic mass is 32.2. The lowest BCUT2D eigenvalue weighted by molar-refractivity contribution is 0.0481. The van der Waals surface area contributed by atoms with Gasteiger partial charge in [-0.3, -0.25) is 4.79 Å². The number of carboxylic acid groups (broad SMARTS) is 1. The van der Waals surface area contributed by atoms with Crippen LogP contribution in [0.5, 0.6) is 0 Å². The third-order valence-corrected chi connectivity index (χ3v) is 11.6. The molecule has 1 aromatic heterocycles. The monoisotopic (exact) mass is 783 g/mol. The van der Waals surface area contributed by atoms with E-state index in [0.717, 1.165) is 50.5 Å². The lowest BCUT2D eigenvalue weighted by Gasteiger charge is -2.41. The Bertz CT molecular complexity index is 2330. The van der Waals surface area contributed by atoms with E-state index in [1.807, 2.05) is 107 Å². The summed E-state index contributed by atoms with van der Waals surface area (Å²) in [6.45, 7) is 7.35. The van der Waals surface area contributed by atoms with E-state index in [1.165, 1.54) is 11.0 Å². The Morgan fingerprint density at radius 3 is 2.04 bits per heavy atom. The van der Waals surface area contributed by atoms with Crippen LogP contribution < -0.4 is 0 Å². The molecule has 0 spiro atoms. The predicted octanol–water partition coefficient (Wildman–Crippen LogP) is 11.6. The number of hydrogen-bond acceptors (Lipinski definition) is 3. The Morgan fingerprint density at radius 2 is 1.42 bits per heavy atom. The first kappa shape index (κ1) is 39.6. The van der Waals surface area contributed by atoms with E-state index in [4.69, 9.17) is 0 Å². The van der Waals surface area contributed by atoms with Crippen LogP contribution in [0.15, 0.2) is 138 Å². The molecule has 0 saturated carbocycles.